The summed E-state index contributed by atoms with van der Waals surface area (Å²) in [6.07, 6.45) is 4.73. The summed E-state index contributed by atoms with van der Waals surface area (Å²) < 4.78 is 0. The first-order chi connectivity index (χ1) is 11.2. The zero-order valence-electron chi connectivity index (χ0n) is 12.5. The van der Waals surface area contributed by atoms with Gasteiger partial charge in [0.15, 0.2) is 0 Å². The second-order valence-corrected chi connectivity index (χ2v) is 5.21. The first-order valence-corrected chi connectivity index (χ1v) is 7.44. The number of carbonyl (C=O) groups is 1. The number of carbonyl (C=O) groups excluding carboxylic acids is 1. The van der Waals surface area contributed by atoms with Gasteiger partial charge in [-0.25, -0.2) is 9.97 Å². The number of H-pyrrole nitrogens is 2. The maximum atomic E-state index is 11.9. The highest BCUT2D eigenvalue weighted by Gasteiger charge is 2.06. The lowest BCUT2D eigenvalue weighted by atomic mass is 10.2. The van der Waals surface area contributed by atoms with E-state index in [4.69, 9.17) is 0 Å². The van der Waals surface area contributed by atoms with Crippen molar-refractivity contribution in [2.45, 2.75) is 19.3 Å². The van der Waals surface area contributed by atoms with Crippen LogP contribution in [-0.4, -0.2) is 32.4 Å². The monoisotopic (exact) mass is 311 g/mol. The molecule has 0 atom stereocenters. The summed E-state index contributed by atoms with van der Waals surface area (Å²) in [5, 5.41) is 3.39. The van der Waals surface area contributed by atoms with E-state index in [9.17, 15) is 9.59 Å². The van der Waals surface area contributed by atoms with E-state index in [1.807, 2.05) is 6.07 Å². The van der Waals surface area contributed by atoms with E-state index in [-0.39, 0.29) is 17.9 Å². The third-order valence-corrected chi connectivity index (χ3v) is 3.52. The number of aromatic nitrogens is 4. The van der Waals surface area contributed by atoms with Gasteiger partial charge in [-0.2, -0.15) is 0 Å². The Bertz CT molecular complexity index is 854. The predicted octanol–water partition coefficient (Wildman–Crippen LogP) is 0.938. The summed E-state index contributed by atoms with van der Waals surface area (Å²) in [6, 6.07) is 7.15. The molecular formula is C16H17N5O2. The summed E-state index contributed by atoms with van der Waals surface area (Å²) >= 11 is 0. The number of nitrogens with one attached hydrogen (secondary N) is 3. The Kier molecular flexibility index (Phi) is 4.46. The van der Waals surface area contributed by atoms with Crippen LogP contribution in [-0.2, 0) is 17.6 Å². The maximum Gasteiger partial charge on any atom is 0.258 e. The van der Waals surface area contributed by atoms with Gasteiger partial charge in [-0.1, -0.05) is 12.1 Å². The van der Waals surface area contributed by atoms with Gasteiger partial charge in [-0.15, -0.1) is 0 Å². The Morgan fingerprint density at radius 1 is 1.22 bits per heavy atom. The SMILES string of the molecule is O=C(CCc1nc2ccccc2c(=O)[nH]1)NCCc1cnc[nH]1. The van der Waals surface area contributed by atoms with Gasteiger partial charge in [-0.05, 0) is 12.1 Å². The topological polar surface area (TPSA) is 104 Å². The molecule has 2 aromatic heterocycles. The smallest absolute Gasteiger partial charge is 0.258 e. The van der Waals surface area contributed by atoms with E-state index in [1.54, 1.807) is 30.7 Å². The Balaban J connectivity index is 1.53. The highest BCUT2D eigenvalue weighted by molar-refractivity contribution is 5.78. The second kappa shape index (κ2) is 6.87. The number of fused-ring (bicyclic) bond motifs is 1. The zero-order chi connectivity index (χ0) is 16.1. The molecule has 3 aromatic rings. The van der Waals surface area contributed by atoms with Crippen LogP contribution < -0.4 is 10.9 Å². The number of imidazole rings is 1. The van der Waals surface area contributed by atoms with Gasteiger partial charge in [0.05, 0.1) is 17.2 Å². The molecule has 7 heteroatoms. The van der Waals surface area contributed by atoms with Crippen LogP contribution in [0.25, 0.3) is 10.9 Å². The molecule has 3 N–H and O–H groups in total. The molecule has 0 saturated heterocycles. The van der Waals surface area contributed by atoms with Crippen LogP contribution in [0.3, 0.4) is 0 Å². The number of nitrogens with zero attached hydrogens (tertiary/aromatic N) is 2. The largest absolute Gasteiger partial charge is 0.356 e. The van der Waals surface area contributed by atoms with E-state index < -0.39 is 0 Å². The minimum Gasteiger partial charge on any atom is -0.356 e. The lowest BCUT2D eigenvalue weighted by molar-refractivity contribution is -0.121. The fourth-order valence-corrected chi connectivity index (χ4v) is 2.33. The van der Waals surface area contributed by atoms with Crippen molar-refractivity contribution in [3.8, 4) is 0 Å². The normalized spacial score (nSPS) is 10.8. The molecule has 0 radical (unpaired) electrons. The Hall–Kier alpha value is -2.96. The average molecular weight is 311 g/mol. The van der Waals surface area contributed by atoms with Crippen LogP contribution in [0.4, 0.5) is 0 Å². The molecule has 1 aromatic carbocycles. The van der Waals surface area contributed by atoms with Gasteiger partial charge in [-0.3, -0.25) is 9.59 Å². The van der Waals surface area contributed by atoms with Crippen LogP contribution in [0.5, 0.6) is 0 Å². The quantitative estimate of drug-likeness (QED) is 0.630. The number of aromatic amines is 2. The minimum atomic E-state index is -0.176. The molecule has 0 aliphatic carbocycles. The molecule has 7 nitrogen and oxygen atoms in total. The number of rotatable bonds is 6. The zero-order valence-corrected chi connectivity index (χ0v) is 12.5. The predicted molar refractivity (Wildman–Crippen MR) is 86.0 cm³/mol. The molecular weight excluding hydrogens is 294 g/mol. The standard InChI is InChI=1S/C16H17N5O2/c22-15(18-8-7-11-9-17-10-19-11)6-5-14-20-13-4-2-1-3-12(13)16(23)21-14/h1-4,9-10H,5-8H2,(H,17,19)(H,18,22)(H,20,21,23). The van der Waals surface area contributed by atoms with Crippen LogP contribution in [0, 0.1) is 0 Å². The van der Waals surface area contributed by atoms with Crippen LogP contribution in [0.15, 0.2) is 41.6 Å². The Labute approximate surface area is 132 Å². The first kappa shape index (κ1) is 15.0. The summed E-state index contributed by atoms with van der Waals surface area (Å²) in [4.78, 5) is 37.8. The number of para-hydroxylation sites is 1. The highest BCUT2D eigenvalue weighted by atomic mass is 16.1. The van der Waals surface area contributed by atoms with E-state index >= 15 is 0 Å². The van der Waals surface area contributed by atoms with Gasteiger partial charge in [0.2, 0.25) is 5.91 Å². The molecule has 118 valence electrons. The van der Waals surface area contributed by atoms with Crippen molar-refractivity contribution < 1.29 is 4.79 Å². The van der Waals surface area contributed by atoms with Crippen molar-refractivity contribution >= 4 is 16.8 Å². The van der Waals surface area contributed by atoms with E-state index in [0.29, 0.717) is 36.1 Å². The van der Waals surface area contributed by atoms with Crippen molar-refractivity contribution in [3.63, 3.8) is 0 Å². The van der Waals surface area contributed by atoms with Crippen LogP contribution in [0.1, 0.15) is 17.9 Å². The fraction of sp³-hybridized carbons (Fsp3) is 0.250. The molecule has 3 rings (SSSR count). The van der Waals surface area contributed by atoms with Crippen molar-refractivity contribution in [2.24, 2.45) is 0 Å². The lowest BCUT2D eigenvalue weighted by Gasteiger charge is -2.05. The van der Waals surface area contributed by atoms with Crippen molar-refractivity contribution in [3.05, 3.63) is 58.7 Å². The highest BCUT2D eigenvalue weighted by Crippen LogP contribution is 2.06. The van der Waals surface area contributed by atoms with Gasteiger partial charge in [0.25, 0.3) is 5.56 Å². The molecule has 0 bridgehead atoms. The number of aryl methyl sites for hydroxylation is 1. The second-order valence-electron chi connectivity index (χ2n) is 5.21. The number of hydrogen-bond acceptors (Lipinski definition) is 4. The fourth-order valence-electron chi connectivity index (χ4n) is 2.33. The summed E-state index contributed by atoms with van der Waals surface area (Å²) in [7, 11) is 0. The first-order valence-electron chi connectivity index (χ1n) is 7.44. The third kappa shape index (κ3) is 3.82. The van der Waals surface area contributed by atoms with Crippen molar-refractivity contribution in [1.29, 1.82) is 0 Å². The molecule has 2 heterocycles. The molecule has 0 unspecified atom stereocenters. The van der Waals surface area contributed by atoms with Gasteiger partial charge >= 0.3 is 0 Å². The molecule has 0 saturated carbocycles. The molecule has 0 aliphatic rings. The van der Waals surface area contributed by atoms with E-state index in [1.165, 1.54) is 0 Å². The summed E-state index contributed by atoms with van der Waals surface area (Å²) in [5.74, 6) is 0.456. The molecule has 0 fully saturated rings. The molecule has 23 heavy (non-hydrogen) atoms. The van der Waals surface area contributed by atoms with Gasteiger partial charge < -0.3 is 15.3 Å². The molecule has 0 aliphatic heterocycles. The Morgan fingerprint density at radius 3 is 2.91 bits per heavy atom. The number of benzene rings is 1. The van der Waals surface area contributed by atoms with E-state index in [0.717, 1.165) is 5.69 Å². The lowest BCUT2D eigenvalue weighted by Crippen LogP contribution is -2.26. The van der Waals surface area contributed by atoms with Crippen LogP contribution in [0.2, 0.25) is 0 Å². The van der Waals surface area contributed by atoms with Crippen LogP contribution >= 0.6 is 0 Å². The average Bonchev–Trinajstić information content (AvgIpc) is 3.06. The van der Waals surface area contributed by atoms with E-state index in [2.05, 4.69) is 25.3 Å². The number of amides is 1. The van der Waals surface area contributed by atoms with Crippen molar-refractivity contribution in [1.82, 2.24) is 25.3 Å². The third-order valence-electron chi connectivity index (χ3n) is 3.52. The molecule has 1 amide bonds. The molecule has 0 spiro atoms. The Morgan fingerprint density at radius 2 is 2.09 bits per heavy atom. The van der Waals surface area contributed by atoms with Crippen molar-refractivity contribution in [2.75, 3.05) is 6.54 Å². The summed E-state index contributed by atoms with van der Waals surface area (Å²) in [5.41, 5.74) is 1.45. The van der Waals surface area contributed by atoms with Gasteiger partial charge in [0, 0.05) is 37.7 Å². The summed E-state index contributed by atoms with van der Waals surface area (Å²) in [6.45, 7) is 0.544. The van der Waals surface area contributed by atoms with Gasteiger partial charge in [0.1, 0.15) is 5.82 Å². The minimum absolute atomic E-state index is 0.0691. The number of hydrogen-bond donors (Lipinski definition) is 3. The maximum absolute atomic E-state index is 11.9.